The normalized spacial score (nSPS) is 18.8. The third kappa shape index (κ3) is 2.42. The molecule has 1 unspecified atom stereocenters. The van der Waals surface area contributed by atoms with E-state index in [0.717, 1.165) is 26.1 Å². The molecule has 1 saturated heterocycles. The molecule has 1 aliphatic heterocycles. The van der Waals surface area contributed by atoms with Crippen LogP contribution in [0.15, 0.2) is 0 Å². The van der Waals surface area contributed by atoms with E-state index in [9.17, 15) is 10.1 Å². The maximum Gasteiger partial charge on any atom is 0.334 e. The minimum absolute atomic E-state index is 0.166. The summed E-state index contributed by atoms with van der Waals surface area (Å²) in [7, 11) is 1.78. The zero-order valence-corrected chi connectivity index (χ0v) is 11.7. The second kappa shape index (κ2) is 5.56. The van der Waals surface area contributed by atoms with Crippen molar-refractivity contribution >= 4 is 11.5 Å². The van der Waals surface area contributed by atoms with Crippen molar-refractivity contribution in [2.75, 3.05) is 24.5 Å². The molecule has 19 heavy (non-hydrogen) atoms. The third-order valence-corrected chi connectivity index (χ3v) is 3.67. The second-order valence-corrected chi connectivity index (χ2v) is 4.79. The number of hydrogen-bond acceptors (Lipinski definition) is 5. The van der Waals surface area contributed by atoms with Crippen molar-refractivity contribution in [3.8, 4) is 0 Å². The quantitative estimate of drug-likeness (QED) is 0.638. The molecule has 0 radical (unpaired) electrons. The molecule has 1 aromatic heterocycles. The lowest BCUT2D eigenvalue weighted by Gasteiger charge is -2.28. The largest absolute Gasteiger partial charge is 0.347 e. The number of nitrogens with zero attached hydrogens (tertiary/aromatic N) is 4. The van der Waals surface area contributed by atoms with Gasteiger partial charge < -0.3 is 10.2 Å². The molecule has 0 saturated carbocycles. The zero-order valence-electron chi connectivity index (χ0n) is 11.7. The van der Waals surface area contributed by atoms with Gasteiger partial charge in [-0.1, -0.05) is 6.92 Å². The van der Waals surface area contributed by atoms with Gasteiger partial charge in [0.05, 0.1) is 4.92 Å². The SMILES string of the molecule is CCc1nn(C)c(N(CC)C2CCNC2)c1[N+](=O)[O-]. The van der Waals surface area contributed by atoms with E-state index < -0.39 is 0 Å². The zero-order chi connectivity index (χ0) is 14.0. The maximum absolute atomic E-state index is 11.4. The summed E-state index contributed by atoms with van der Waals surface area (Å²) in [5, 5.41) is 19.0. The highest BCUT2D eigenvalue weighted by Crippen LogP contribution is 2.33. The monoisotopic (exact) mass is 267 g/mol. The Bertz CT molecular complexity index is 465. The summed E-state index contributed by atoms with van der Waals surface area (Å²) < 4.78 is 1.65. The van der Waals surface area contributed by atoms with Crippen molar-refractivity contribution in [1.29, 1.82) is 0 Å². The molecular weight excluding hydrogens is 246 g/mol. The molecule has 1 fully saturated rings. The van der Waals surface area contributed by atoms with Crippen LogP contribution in [0.3, 0.4) is 0 Å². The Kier molecular flexibility index (Phi) is 4.04. The van der Waals surface area contributed by atoms with Crippen molar-refractivity contribution in [3.05, 3.63) is 15.8 Å². The predicted molar refractivity (Wildman–Crippen MR) is 73.5 cm³/mol. The van der Waals surface area contributed by atoms with Crippen molar-refractivity contribution in [2.24, 2.45) is 7.05 Å². The van der Waals surface area contributed by atoms with Gasteiger partial charge in [0.15, 0.2) is 0 Å². The Morgan fingerprint density at radius 1 is 1.58 bits per heavy atom. The standard InChI is InChI=1S/C12H21N5O2/c1-4-10-11(17(18)19)12(15(3)14-10)16(5-2)9-6-7-13-8-9/h9,13H,4-8H2,1-3H3. The van der Waals surface area contributed by atoms with Crippen molar-refractivity contribution in [1.82, 2.24) is 15.1 Å². The van der Waals surface area contributed by atoms with Crippen LogP contribution in [0.5, 0.6) is 0 Å². The van der Waals surface area contributed by atoms with Crippen LogP contribution in [0.25, 0.3) is 0 Å². The van der Waals surface area contributed by atoms with Gasteiger partial charge in [-0.2, -0.15) is 5.10 Å². The summed E-state index contributed by atoms with van der Waals surface area (Å²) in [6.07, 6.45) is 1.59. The minimum atomic E-state index is -0.299. The van der Waals surface area contributed by atoms with Gasteiger partial charge in [-0.15, -0.1) is 0 Å². The Balaban J connectivity index is 2.46. The molecule has 0 spiro atoms. The molecule has 1 aromatic rings. The van der Waals surface area contributed by atoms with Crippen molar-refractivity contribution in [2.45, 2.75) is 32.7 Å². The lowest BCUT2D eigenvalue weighted by atomic mass is 10.2. The van der Waals surface area contributed by atoms with Gasteiger partial charge in [-0.05, 0) is 26.3 Å². The summed E-state index contributed by atoms with van der Waals surface area (Å²) >= 11 is 0. The van der Waals surface area contributed by atoms with Gasteiger partial charge in [0, 0.05) is 26.2 Å². The summed E-state index contributed by atoms with van der Waals surface area (Å²) in [6.45, 7) is 6.51. The smallest absolute Gasteiger partial charge is 0.334 e. The Labute approximate surface area is 112 Å². The first-order valence-electron chi connectivity index (χ1n) is 6.77. The van der Waals surface area contributed by atoms with Crippen LogP contribution < -0.4 is 10.2 Å². The van der Waals surface area contributed by atoms with Gasteiger partial charge in [-0.25, -0.2) is 4.68 Å². The fourth-order valence-corrected chi connectivity index (χ4v) is 2.79. The first-order valence-corrected chi connectivity index (χ1v) is 6.77. The van der Waals surface area contributed by atoms with E-state index in [1.54, 1.807) is 11.7 Å². The molecule has 1 atom stereocenters. The number of hydrogen-bond donors (Lipinski definition) is 1. The molecule has 106 valence electrons. The van der Waals surface area contributed by atoms with Gasteiger partial charge >= 0.3 is 5.69 Å². The van der Waals surface area contributed by atoms with Crippen LogP contribution in [-0.4, -0.2) is 40.4 Å². The van der Waals surface area contributed by atoms with Crippen molar-refractivity contribution in [3.63, 3.8) is 0 Å². The van der Waals surface area contributed by atoms with Gasteiger partial charge in [0.1, 0.15) is 5.69 Å². The summed E-state index contributed by atoms with van der Waals surface area (Å²) in [4.78, 5) is 13.2. The number of aryl methyl sites for hydroxylation is 2. The molecule has 0 amide bonds. The van der Waals surface area contributed by atoms with Crippen LogP contribution in [0.4, 0.5) is 11.5 Å². The first kappa shape index (κ1) is 13.8. The molecular formula is C12H21N5O2. The summed E-state index contributed by atoms with van der Waals surface area (Å²) in [6, 6.07) is 0.309. The average molecular weight is 267 g/mol. The number of anilines is 1. The predicted octanol–water partition coefficient (Wildman–Crippen LogP) is 1.08. The van der Waals surface area contributed by atoms with E-state index in [2.05, 4.69) is 15.3 Å². The van der Waals surface area contributed by atoms with Crippen LogP contribution in [-0.2, 0) is 13.5 Å². The molecule has 2 heterocycles. The lowest BCUT2D eigenvalue weighted by molar-refractivity contribution is -0.384. The molecule has 2 rings (SSSR count). The maximum atomic E-state index is 11.4. The van der Waals surface area contributed by atoms with Gasteiger partial charge in [0.2, 0.25) is 5.82 Å². The Morgan fingerprint density at radius 3 is 2.79 bits per heavy atom. The molecule has 0 aliphatic carbocycles. The molecule has 1 N–H and O–H groups in total. The lowest BCUT2D eigenvalue weighted by Crippen LogP contribution is -2.38. The molecule has 7 nitrogen and oxygen atoms in total. The fourth-order valence-electron chi connectivity index (χ4n) is 2.79. The number of rotatable bonds is 5. The molecule has 1 aliphatic rings. The van der Waals surface area contributed by atoms with Gasteiger partial charge in [-0.3, -0.25) is 10.1 Å². The highest BCUT2D eigenvalue weighted by Gasteiger charge is 2.33. The first-order chi connectivity index (χ1) is 9.10. The van der Waals surface area contributed by atoms with Crippen LogP contribution in [0, 0.1) is 10.1 Å². The number of aromatic nitrogens is 2. The van der Waals surface area contributed by atoms with E-state index in [0.29, 0.717) is 24.0 Å². The topological polar surface area (TPSA) is 76.2 Å². The minimum Gasteiger partial charge on any atom is -0.347 e. The van der Waals surface area contributed by atoms with E-state index in [1.165, 1.54) is 0 Å². The molecule has 0 aromatic carbocycles. The van der Waals surface area contributed by atoms with Gasteiger partial charge in [0.25, 0.3) is 0 Å². The Morgan fingerprint density at radius 2 is 2.32 bits per heavy atom. The van der Waals surface area contributed by atoms with Crippen LogP contribution in [0.1, 0.15) is 26.0 Å². The van der Waals surface area contributed by atoms with E-state index >= 15 is 0 Å². The number of likely N-dealkylation sites (N-methyl/N-ethyl adjacent to an activating group) is 1. The highest BCUT2D eigenvalue weighted by atomic mass is 16.6. The number of nitro groups is 1. The summed E-state index contributed by atoms with van der Waals surface area (Å²) in [5.74, 6) is 0.637. The van der Waals surface area contributed by atoms with Crippen LogP contribution in [0.2, 0.25) is 0 Å². The average Bonchev–Trinajstić information content (AvgIpc) is 2.99. The van der Waals surface area contributed by atoms with Crippen LogP contribution >= 0.6 is 0 Å². The van der Waals surface area contributed by atoms with E-state index in [1.807, 2.05) is 13.8 Å². The highest BCUT2D eigenvalue weighted by molar-refractivity contribution is 5.62. The molecule has 0 bridgehead atoms. The van der Waals surface area contributed by atoms with E-state index in [4.69, 9.17) is 0 Å². The fraction of sp³-hybridized carbons (Fsp3) is 0.750. The van der Waals surface area contributed by atoms with E-state index in [-0.39, 0.29) is 10.6 Å². The second-order valence-electron chi connectivity index (χ2n) is 4.79. The number of nitrogens with one attached hydrogen (secondary N) is 1. The third-order valence-electron chi connectivity index (χ3n) is 3.67. The summed E-state index contributed by atoms with van der Waals surface area (Å²) in [5.41, 5.74) is 0.727. The Hall–Kier alpha value is -1.63. The molecule has 7 heteroatoms. The van der Waals surface area contributed by atoms with Crippen molar-refractivity contribution < 1.29 is 4.92 Å².